The predicted octanol–water partition coefficient (Wildman–Crippen LogP) is 1.60. The first-order valence-corrected chi connectivity index (χ1v) is 6.54. The SMILES string of the molecule is COc1cc2c(c(OC)c1O)C(=O)c1c(O)ccc(O)c1C2=O. The van der Waals surface area contributed by atoms with Gasteiger partial charge in [-0.3, -0.25) is 9.59 Å². The fourth-order valence-electron chi connectivity index (χ4n) is 2.68. The summed E-state index contributed by atoms with van der Waals surface area (Å²) >= 11 is 0. The van der Waals surface area contributed by atoms with E-state index in [4.69, 9.17) is 9.47 Å². The van der Waals surface area contributed by atoms with Gasteiger partial charge in [0.2, 0.25) is 11.5 Å². The summed E-state index contributed by atoms with van der Waals surface area (Å²) in [6.07, 6.45) is 0. The van der Waals surface area contributed by atoms with Gasteiger partial charge in [0.25, 0.3) is 0 Å². The monoisotopic (exact) mass is 316 g/mol. The molecule has 0 heterocycles. The van der Waals surface area contributed by atoms with Crippen molar-refractivity contribution in [3.63, 3.8) is 0 Å². The van der Waals surface area contributed by atoms with E-state index in [-0.39, 0.29) is 33.8 Å². The molecule has 0 spiro atoms. The van der Waals surface area contributed by atoms with Crippen LogP contribution in [0.2, 0.25) is 0 Å². The average molecular weight is 316 g/mol. The molecule has 0 saturated carbocycles. The van der Waals surface area contributed by atoms with Crippen molar-refractivity contribution in [3.8, 4) is 28.7 Å². The fourth-order valence-corrected chi connectivity index (χ4v) is 2.68. The van der Waals surface area contributed by atoms with E-state index >= 15 is 0 Å². The highest BCUT2D eigenvalue weighted by molar-refractivity contribution is 6.31. The van der Waals surface area contributed by atoms with Gasteiger partial charge in [-0.2, -0.15) is 0 Å². The number of phenolic OH excluding ortho intramolecular Hbond substituents is 3. The molecular weight excluding hydrogens is 304 g/mol. The highest BCUT2D eigenvalue weighted by atomic mass is 16.5. The van der Waals surface area contributed by atoms with Gasteiger partial charge in [0.15, 0.2) is 17.3 Å². The summed E-state index contributed by atoms with van der Waals surface area (Å²) in [6, 6.07) is 3.43. The number of rotatable bonds is 2. The highest BCUT2D eigenvalue weighted by Crippen LogP contribution is 2.47. The van der Waals surface area contributed by atoms with Crippen molar-refractivity contribution in [1.82, 2.24) is 0 Å². The second-order valence-corrected chi connectivity index (χ2v) is 4.90. The van der Waals surface area contributed by atoms with Crippen LogP contribution < -0.4 is 9.47 Å². The van der Waals surface area contributed by atoms with Crippen LogP contribution >= 0.6 is 0 Å². The minimum absolute atomic E-state index is 0.0511. The van der Waals surface area contributed by atoms with Crippen molar-refractivity contribution in [3.05, 3.63) is 40.5 Å². The van der Waals surface area contributed by atoms with E-state index in [2.05, 4.69) is 0 Å². The van der Waals surface area contributed by atoms with Crippen LogP contribution in [0.5, 0.6) is 28.7 Å². The quantitative estimate of drug-likeness (QED) is 0.615. The fraction of sp³-hybridized carbons (Fsp3) is 0.125. The number of hydrogen-bond acceptors (Lipinski definition) is 7. The van der Waals surface area contributed by atoms with Crippen molar-refractivity contribution in [2.45, 2.75) is 0 Å². The molecular formula is C16H12O7. The third kappa shape index (κ3) is 1.83. The summed E-state index contributed by atoms with van der Waals surface area (Å²) in [7, 11) is 2.51. The second kappa shape index (κ2) is 4.91. The Bertz CT molecular complexity index is 867. The molecule has 2 aromatic carbocycles. The lowest BCUT2D eigenvalue weighted by molar-refractivity contribution is 0.0970. The van der Waals surface area contributed by atoms with Crippen molar-refractivity contribution >= 4 is 11.6 Å². The largest absolute Gasteiger partial charge is 0.507 e. The summed E-state index contributed by atoms with van der Waals surface area (Å²) in [4.78, 5) is 25.4. The average Bonchev–Trinajstić information content (AvgIpc) is 2.54. The lowest BCUT2D eigenvalue weighted by Crippen LogP contribution is -2.22. The Balaban J connectivity index is 2.43. The van der Waals surface area contributed by atoms with Crippen LogP contribution in [0.15, 0.2) is 18.2 Å². The maximum atomic E-state index is 12.7. The standard InChI is InChI=1S/C16H12O7/c1-22-9-5-6-10(16(23-2)14(9)20)15(21)12-8(18)4-3-7(17)11(12)13(6)19/h3-5,17-18,20H,1-2H3. The third-order valence-electron chi connectivity index (χ3n) is 3.73. The number of ether oxygens (including phenoxy) is 2. The molecule has 3 rings (SSSR count). The molecule has 118 valence electrons. The van der Waals surface area contributed by atoms with Crippen molar-refractivity contribution in [2.24, 2.45) is 0 Å². The van der Waals surface area contributed by atoms with Crippen molar-refractivity contribution < 1.29 is 34.4 Å². The van der Waals surface area contributed by atoms with Crippen molar-refractivity contribution in [1.29, 1.82) is 0 Å². The highest BCUT2D eigenvalue weighted by Gasteiger charge is 2.38. The molecule has 0 atom stereocenters. The molecule has 2 aromatic rings. The van der Waals surface area contributed by atoms with Gasteiger partial charge >= 0.3 is 0 Å². The lowest BCUT2D eigenvalue weighted by atomic mass is 9.82. The predicted molar refractivity (Wildman–Crippen MR) is 77.8 cm³/mol. The first kappa shape index (κ1) is 14.7. The number of fused-ring (bicyclic) bond motifs is 2. The van der Waals surface area contributed by atoms with E-state index in [0.717, 1.165) is 12.1 Å². The Kier molecular flexibility index (Phi) is 3.14. The maximum absolute atomic E-state index is 12.7. The van der Waals surface area contributed by atoms with E-state index < -0.39 is 28.8 Å². The van der Waals surface area contributed by atoms with E-state index in [0.29, 0.717) is 0 Å². The van der Waals surface area contributed by atoms with Gasteiger partial charge in [-0.1, -0.05) is 0 Å². The molecule has 0 unspecified atom stereocenters. The lowest BCUT2D eigenvalue weighted by Gasteiger charge is -2.22. The zero-order valence-corrected chi connectivity index (χ0v) is 12.2. The Morgan fingerprint density at radius 1 is 0.826 bits per heavy atom. The number of carbonyl (C=O) groups is 2. The second-order valence-electron chi connectivity index (χ2n) is 4.90. The number of methoxy groups -OCH3 is 2. The number of carbonyl (C=O) groups excluding carboxylic acids is 2. The Morgan fingerprint density at radius 3 is 1.91 bits per heavy atom. The van der Waals surface area contributed by atoms with Gasteiger partial charge in [0, 0.05) is 5.56 Å². The molecule has 0 aromatic heterocycles. The molecule has 0 saturated heterocycles. The van der Waals surface area contributed by atoms with Crippen LogP contribution in [0, 0.1) is 0 Å². The van der Waals surface area contributed by atoms with Gasteiger partial charge in [-0.15, -0.1) is 0 Å². The number of phenols is 3. The molecule has 7 heteroatoms. The molecule has 0 amide bonds. The number of aromatic hydroxyl groups is 3. The van der Waals surface area contributed by atoms with Crippen LogP contribution in [0.1, 0.15) is 31.8 Å². The van der Waals surface area contributed by atoms with E-state index in [1.807, 2.05) is 0 Å². The van der Waals surface area contributed by atoms with Crippen LogP contribution in [-0.2, 0) is 0 Å². The first-order chi connectivity index (χ1) is 10.9. The zero-order valence-electron chi connectivity index (χ0n) is 12.2. The molecule has 1 aliphatic carbocycles. The zero-order chi connectivity index (χ0) is 16.9. The Morgan fingerprint density at radius 2 is 1.39 bits per heavy atom. The third-order valence-corrected chi connectivity index (χ3v) is 3.73. The normalized spacial score (nSPS) is 12.6. The van der Waals surface area contributed by atoms with Gasteiger partial charge < -0.3 is 24.8 Å². The number of benzene rings is 2. The topological polar surface area (TPSA) is 113 Å². The minimum atomic E-state index is -0.738. The molecule has 3 N–H and O–H groups in total. The number of ketones is 2. The first-order valence-electron chi connectivity index (χ1n) is 6.54. The molecule has 1 aliphatic rings. The molecule has 7 nitrogen and oxygen atoms in total. The summed E-state index contributed by atoms with van der Waals surface area (Å²) in [5, 5.41) is 29.9. The summed E-state index contributed by atoms with van der Waals surface area (Å²) in [5.41, 5.74) is -0.901. The molecule has 0 radical (unpaired) electrons. The van der Waals surface area contributed by atoms with E-state index in [1.165, 1.54) is 20.3 Å². The smallest absolute Gasteiger partial charge is 0.202 e. The molecule has 0 fully saturated rings. The molecule has 0 bridgehead atoms. The Labute approximate surface area is 130 Å². The van der Waals surface area contributed by atoms with E-state index in [1.54, 1.807) is 0 Å². The van der Waals surface area contributed by atoms with Gasteiger partial charge in [0.1, 0.15) is 11.5 Å². The Hall–Kier alpha value is -3.22. The molecule has 23 heavy (non-hydrogen) atoms. The van der Waals surface area contributed by atoms with Crippen LogP contribution in [0.25, 0.3) is 0 Å². The van der Waals surface area contributed by atoms with Gasteiger partial charge in [0.05, 0.1) is 30.9 Å². The van der Waals surface area contributed by atoms with Gasteiger partial charge in [-0.25, -0.2) is 0 Å². The van der Waals surface area contributed by atoms with Crippen molar-refractivity contribution in [2.75, 3.05) is 14.2 Å². The van der Waals surface area contributed by atoms with Crippen LogP contribution in [0.3, 0.4) is 0 Å². The van der Waals surface area contributed by atoms with E-state index in [9.17, 15) is 24.9 Å². The number of hydrogen-bond donors (Lipinski definition) is 3. The summed E-state index contributed by atoms with van der Waals surface area (Å²) in [6.45, 7) is 0. The maximum Gasteiger partial charge on any atom is 0.202 e. The van der Waals surface area contributed by atoms with Gasteiger partial charge in [-0.05, 0) is 18.2 Å². The van der Waals surface area contributed by atoms with Crippen LogP contribution in [0.4, 0.5) is 0 Å². The van der Waals surface area contributed by atoms with Crippen LogP contribution in [-0.4, -0.2) is 41.1 Å². The minimum Gasteiger partial charge on any atom is -0.507 e. The molecule has 0 aliphatic heterocycles. The summed E-state index contributed by atoms with van der Waals surface area (Å²) in [5.74, 6) is -3.00. The summed E-state index contributed by atoms with van der Waals surface area (Å²) < 4.78 is 10.0.